The number of halogens is 1. The van der Waals surface area contributed by atoms with Crippen molar-refractivity contribution in [1.29, 1.82) is 0 Å². The molecule has 0 aromatic carbocycles. The molecular weight excluding hydrogens is 313 g/mol. The largest absolute Gasteiger partial charge is 0.314 e. The Balaban J connectivity index is 2.64. The Bertz CT molecular complexity index is 315. The summed E-state index contributed by atoms with van der Waals surface area (Å²) in [6, 6.07) is 0.522. The summed E-state index contributed by atoms with van der Waals surface area (Å²) in [5.74, 6) is 0.712. The van der Waals surface area contributed by atoms with Crippen LogP contribution in [0.25, 0.3) is 0 Å². The fourth-order valence-electron chi connectivity index (χ4n) is 1.82. The fraction of sp³-hybridized carbons (Fsp3) is 0.667. The Labute approximate surface area is 112 Å². The lowest BCUT2D eigenvalue weighted by molar-refractivity contribution is 0.420. The van der Waals surface area contributed by atoms with E-state index in [0.29, 0.717) is 12.0 Å². The molecule has 1 unspecified atom stereocenters. The Morgan fingerprint density at radius 2 is 2.19 bits per heavy atom. The molecule has 1 aromatic rings. The first kappa shape index (κ1) is 13.8. The summed E-state index contributed by atoms with van der Waals surface area (Å²) in [5, 5.41) is 3.53. The van der Waals surface area contributed by atoms with E-state index in [2.05, 4.69) is 58.6 Å². The van der Waals surface area contributed by atoms with Crippen molar-refractivity contribution in [3.05, 3.63) is 21.8 Å². The quantitative estimate of drug-likeness (QED) is 0.814. The number of likely N-dealkylation sites (N-methyl/N-ethyl adjacent to an activating group) is 1. The molecule has 0 saturated carbocycles. The van der Waals surface area contributed by atoms with Gasteiger partial charge >= 0.3 is 0 Å². The minimum Gasteiger partial charge on any atom is -0.314 e. The van der Waals surface area contributed by atoms with Crippen LogP contribution in [0.5, 0.6) is 0 Å². The van der Waals surface area contributed by atoms with Crippen molar-refractivity contribution >= 4 is 22.6 Å². The second-order valence-electron chi connectivity index (χ2n) is 4.41. The maximum absolute atomic E-state index is 4.35. The minimum atomic E-state index is 0.522. The normalized spacial score (nSPS) is 13.1. The Morgan fingerprint density at radius 1 is 1.44 bits per heavy atom. The first-order valence-corrected chi connectivity index (χ1v) is 6.89. The lowest BCUT2D eigenvalue weighted by atomic mass is 9.99. The van der Waals surface area contributed by atoms with E-state index >= 15 is 0 Å². The summed E-state index contributed by atoms with van der Waals surface area (Å²) in [6.07, 6.45) is 5.69. The number of aromatic nitrogens is 2. The molecule has 1 atom stereocenters. The summed E-state index contributed by atoms with van der Waals surface area (Å²) in [6.45, 7) is 7.68. The van der Waals surface area contributed by atoms with E-state index in [0.717, 1.165) is 22.2 Å². The fourth-order valence-corrected chi connectivity index (χ4v) is 2.34. The molecule has 0 amide bonds. The van der Waals surface area contributed by atoms with Gasteiger partial charge < -0.3 is 5.32 Å². The van der Waals surface area contributed by atoms with E-state index in [-0.39, 0.29) is 0 Å². The molecule has 3 nitrogen and oxygen atoms in total. The monoisotopic (exact) mass is 333 g/mol. The topological polar surface area (TPSA) is 37.8 Å². The molecule has 1 N–H and O–H groups in total. The molecule has 4 heteroatoms. The molecule has 0 bridgehead atoms. The SMILES string of the molecule is CCNC(Cc1ncncc1I)CC(C)C. The minimum absolute atomic E-state index is 0.522. The third-order valence-electron chi connectivity index (χ3n) is 2.43. The van der Waals surface area contributed by atoms with Crippen molar-refractivity contribution in [1.82, 2.24) is 15.3 Å². The molecule has 0 aliphatic rings. The first-order valence-electron chi connectivity index (χ1n) is 5.81. The molecule has 0 aliphatic carbocycles. The molecule has 90 valence electrons. The van der Waals surface area contributed by atoms with Crippen LogP contribution in [-0.2, 0) is 6.42 Å². The number of hydrogen-bond acceptors (Lipinski definition) is 3. The summed E-state index contributed by atoms with van der Waals surface area (Å²) in [4.78, 5) is 8.37. The van der Waals surface area contributed by atoms with Gasteiger partial charge in [-0.25, -0.2) is 9.97 Å². The Kier molecular flexibility index (Phi) is 6.20. The van der Waals surface area contributed by atoms with Crippen LogP contribution in [0.4, 0.5) is 0 Å². The Morgan fingerprint density at radius 3 is 2.75 bits per heavy atom. The lowest BCUT2D eigenvalue weighted by Crippen LogP contribution is -2.32. The van der Waals surface area contributed by atoms with Gasteiger partial charge in [-0.2, -0.15) is 0 Å². The first-order chi connectivity index (χ1) is 7.63. The molecular formula is C12H20IN3. The number of hydrogen-bond donors (Lipinski definition) is 1. The van der Waals surface area contributed by atoms with Crippen molar-refractivity contribution in [3.63, 3.8) is 0 Å². The van der Waals surface area contributed by atoms with Gasteiger partial charge in [-0.1, -0.05) is 20.8 Å². The number of nitrogens with one attached hydrogen (secondary N) is 1. The van der Waals surface area contributed by atoms with Gasteiger partial charge in [0.1, 0.15) is 6.33 Å². The van der Waals surface area contributed by atoms with Crippen LogP contribution >= 0.6 is 22.6 Å². The molecule has 0 radical (unpaired) electrons. The van der Waals surface area contributed by atoms with Gasteiger partial charge in [0.05, 0.1) is 9.26 Å². The van der Waals surface area contributed by atoms with Crippen LogP contribution in [0.3, 0.4) is 0 Å². The zero-order valence-corrected chi connectivity index (χ0v) is 12.4. The molecule has 0 saturated heterocycles. The second-order valence-corrected chi connectivity index (χ2v) is 5.57. The predicted molar refractivity (Wildman–Crippen MR) is 75.4 cm³/mol. The number of rotatable bonds is 6. The maximum Gasteiger partial charge on any atom is 0.115 e. The van der Waals surface area contributed by atoms with Crippen LogP contribution in [0.2, 0.25) is 0 Å². The summed E-state index contributed by atoms with van der Waals surface area (Å²) < 4.78 is 1.16. The highest BCUT2D eigenvalue weighted by Crippen LogP contribution is 2.13. The third kappa shape index (κ3) is 4.74. The highest BCUT2D eigenvalue weighted by atomic mass is 127. The maximum atomic E-state index is 4.35. The average Bonchev–Trinajstić information content (AvgIpc) is 2.21. The van der Waals surface area contributed by atoms with Gasteiger partial charge in [-0.05, 0) is 41.5 Å². The van der Waals surface area contributed by atoms with Crippen LogP contribution < -0.4 is 5.32 Å². The van der Waals surface area contributed by atoms with E-state index in [4.69, 9.17) is 0 Å². The summed E-state index contributed by atoms with van der Waals surface area (Å²) >= 11 is 2.30. The van der Waals surface area contributed by atoms with Gasteiger partial charge in [0, 0.05) is 18.7 Å². The molecule has 0 aliphatic heterocycles. The molecule has 0 spiro atoms. The zero-order chi connectivity index (χ0) is 12.0. The standard InChI is InChI=1S/C12H20IN3/c1-4-15-10(5-9(2)3)6-12-11(13)7-14-8-16-12/h7-10,15H,4-6H2,1-3H3. The van der Waals surface area contributed by atoms with Crippen molar-refractivity contribution < 1.29 is 0 Å². The predicted octanol–water partition coefficient (Wildman–Crippen LogP) is 2.65. The molecule has 0 fully saturated rings. The van der Waals surface area contributed by atoms with Gasteiger partial charge in [-0.15, -0.1) is 0 Å². The van der Waals surface area contributed by atoms with Crippen LogP contribution in [0.1, 0.15) is 32.9 Å². The van der Waals surface area contributed by atoms with Gasteiger partial charge in [-0.3, -0.25) is 0 Å². The Hall–Kier alpha value is -0.230. The number of nitrogens with zero attached hydrogens (tertiary/aromatic N) is 2. The summed E-state index contributed by atoms with van der Waals surface area (Å²) in [7, 11) is 0. The van der Waals surface area contributed by atoms with E-state index in [1.165, 1.54) is 6.42 Å². The van der Waals surface area contributed by atoms with E-state index < -0.39 is 0 Å². The van der Waals surface area contributed by atoms with Gasteiger partial charge in [0.25, 0.3) is 0 Å². The molecule has 1 rings (SSSR count). The smallest absolute Gasteiger partial charge is 0.115 e. The van der Waals surface area contributed by atoms with Crippen molar-refractivity contribution in [2.24, 2.45) is 5.92 Å². The highest BCUT2D eigenvalue weighted by Gasteiger charge is 2.13. The van der Waals surface area contributed by atoms with Crippen LogP contribution in [0, 0.1) is 9.49 Å². The summed E-state index contributed by atoms with van der Waals surface area (Å²) in [5.41, 5.74) is 1.15. The molecule has 1 heterocycles. The van der Waals surface area contributed by atoms with E-state index in [1.54, 1.807) is 6.33 Å². The van der Waals surface area contributed by atoms with Crippen molar-refractivity contribution in [3.8, 4) is 0 Å². The lowest BCUT2D eigenvalue weighted by Gasteiger charge is -2.19. The van der Waals surface area contributed by atoms with E-state index in [9.17, 15) is 0 Å². The average molecular weight is 333 g/mol. The third-order valence-corrected chi connectivity index (χ3v) is 3.33. The highest BCUT2D eigenvalue weighted by molar-refractivity contribution is 14.1. The van der Waals surface area contributed by atoms with Crippen LogP contribution in [0.15, 0.2) is 12.5 Å². The van der Waals surface area contributed by atoms with Gasteiger partial charge in [0.15, 0.2) is 0 Å². The second kappa shape index (κ2) is 7.17. The zero-order valence-electron chi connectivity index (χ0n) is 10.2. The van der Waals surface area contributed by atoms with Crippen molar-refractivity contribution in [2.75, 3.05) is 6.54 Å². The van der Waals surface area contributed by atoms with E-state index in [1.807, 2.05) is 6.20 Å². The van der Waals surface area contributed by atoms with Crippen LogP contribution in [-0.4, -0.2) is 22.6 Å². The molecule has 1 aromatic heterocycles. The van der Waals surface area contributed by atoms with Gasteiger partial charge in [0.2, 0.25) is 0 Å². The molecule has 16 heavy (non-hydrogen) atoms. The van der Waals surface area contributed by atoms with Crippen molar-refractivity contribution in [2.45, 2.75) is 39.7 Å².